The minimum Gasteiger partial charge on any atom is -0.389 e. The first-order valence-corrected chi connectivity index (χ1v) is 7.32. The Morgan fingerprint density at radius 1 is 1.23 bits per heavy atom. The van der Waals surface area contributed by atoms with Gasteiger partial charge in [0.1, 0.15) is 0 Å². The van der Waals surface area contributed by atoms with Crippen LogP contribution in [0.2, 0.25) is 0 Å². The molecule has 0 unspecified atom stereocenters. The fraction of sp³-hybridized carbons (Fsp3) is 0.562. The molecule has 0 aliphatic heterocycles. The van der Waals surface area contributed by atoms with Crippen LogP contribution in [-0.2, 0) is 17.5 Å². The lowest BCUT2D eigenvalue weighted by Crippen LogP contribution is -2.35. The molecule has 2 rings (SSSR count). The maximum absolute atomic E-state index is 12.5. The Labute approximate surface area is 127 Å². The third-order valence-corrected chi connectivity index (χ3v) is 4.14. The number of carbonyl (C=O) groups excluding carboxylic acids is 1. The van der Waals surface area contributed by atoms with E-state index in [-0.39, 0.29) is 18.9 Å². The van der Waals surface area contributed by atoms with Crippen LogP contribution in [0.5, 0.6) is 0 Å². The van der Waals surface area contributed by atoms with Crippen LogP contribution in [-0.4, -0.2) is 28.6 Å². The molecule has 1 N–H and O–H groups in total. The van der Waals surface area contributed by atoms with E-state index in [0.717, 1.165) is 25.0 Å². The number of halogens is 3. The van der Waals surface area contributed by atoms with Gasteiger partial charge in [-0.25, -0.2) is 0 Å². The van der Waals surface area contributed by atoms with E-state index in [1.807, 2.05) is 0 Å². The molecule has 1 aliphatic rings. The average Bonchev–Trinajstić information content (AvgIpc) is 2.84. The molecule has 1 saturated carbocycles. The molecule has 0 radical (unpaired) electrons. The van der Waals surface area contributed by atoms with Crippen molar-refractivity contribution >= 4 is 5.91 Å². The van der Waals surface area contributed by atoms with Crippen molar-refractivity contribution < 1.29 is 23.1 Å². The predicted molar refractivity (Wildman–Crippen MR) is 76.0 cm³/mol. The van der Waals surface area contributed by atoms with Gasteiger partial charge in [0.2, 0.25) is 5.91 Å². The second kappa shape index (κ2) is 6.28. The van der Waals surface area contributed by atoms with Crippen molar-refractivity contribution in [3.63, 3.8) is 0 Å². The summed E-state index contributed by atoms with van der Waals surface area (Å²) in [6, 6.07) is 4.77. The number of hydrogen-bond donors (Lipinski definition) is 1. The van der Waals surface area contributed by atoms with Crippen molar-refractivity contribution in [3.8, 4) is 0 Å². The Hall–Kier alpha value is -1.56. The number of nitrogens with zero attached hydrogens (tertiary/aromatic N) is 1. The zero-order chi connectivity index (χ0) is 16.4. The van der Waals surface area contributed by atoms with Crippen molar-refractivity contribution in [3.05, 3.63) is 35.4 Å². The Bertz CT molecular complexity index is 519. The molecule has 0 bridgehead atoms. The highest BCUT2D eigenvalue weighted by Gasteiger charge is 2.34. The summed E-state index contributed by atoms with van der Waals surface area (Å²) in [5.74, 6) is -0.190. The second-order valence-corrected chi connectivity index (χ2v) is 6.05. The summed E-state index contributed by atoms with van der Waals surface area (Å²) in [5, 5.41) is 10.2. The van der Waals surface area contributed by atoms with Gasteiger partial charge in [0.05, 0.1) is 17.6 Å². The van der Waals surface area contributed by atoms with Gasteiger partial charge in [-0.05, 0) is 30.5 Å². The standard InChI is InChI=1S/C16H20F3NO2/c1-20(14(21)10-15(22)8-2-3-9-15)11-12-4-6-13(7-5-12)16(17,18)19/h4-7,22H,2-3,8-11H2,1H3. The average molecular weight is 315 g/mol. The molecule has 0 heterocycles. The Morgan fingerprint density at radius 3 is 2.27 bits per heavy atom. The maximum Gasteiger partial charge on any atom is 0.416 e. The monoisotopic (exact) mass is 315 g/mol. The zero-order valence-electron chi connectivity index (χ0n) is 12.5. The highest BCUT2D eigenvalue weighted by molar-refractivity contribution is 5.77. The van der Waals surface area contributed by atoms with Gasteiger partial charge in [0.25, 0.3) is 0 Å². The third-order valence-electron chi connectivity index (χ3n) is 4.14. The van der Waals surface area contributed by atoms with Gasteiger partial charge in [0.15, 0.2) is 0 Å². The number of rotatable bonds is 4. The van der Waals surface area contributed by atoms with Crippen LogP contribution in [0.15, 0.2) is 24.3 Å². The number of amides is 1. The molecule has 1 amide bonds. The molecule has 0 atom stereocenters. The van der Waals surface area contributed by atoms with Crippen LogP contribution < -0.4 is 0 Å². The minimum atomic E-state index is -4.36. The molecule has 6 heteroatoms. The normalized spacial score (nSPS) is 17.5. The Morgan fingerprint density at radius 2 is 1.77 bits per heavy atom. The first-order valence-electron chi connectivity index (χ1n) is 7.32. The van der Waals surface area contributed by atoms with Gasteiger partial charge in [-0.1, -0.05) is 25.0 Å². The van der Waals surface area contributed by atoms with E-state index in [1.54, 1.807) is 7.05 Å². The molecule has 1 aliphatic carbocycles. The largest absolute Gasteiger partial charge is 0.416 e. The van der Waals surface area contributed by atoms with E-state index in [1.165, 1.54) is 17.0 Å². The van der Waals surface area contributed by atoms with Crippen LogP contribution in [0.1, 0.15) is 43.2 Å². The third kappa shape index (κ3) is 4.22. The van der Waals surface area contributed by atoms with E-state index in [2.05, 4.69) is 0 Å². The quantitative estimate of drug-likeness (QED) is 0.925. The topological polar surface area (TPSA) is 40.5 Å². The molecule has 122 valence electrons. The minimum absolute atomic E-state index is 0.0735. The summed E-state index contributed by atoms with van der Waals surface area (Å²) in [6.45, 7) is 0.229. The molecule has 0 aromatic heterocycles. The molecule has 1 aromatic carbocycles. The summed E-state index contributed by atoms with van der Waals surface area (Å²) in [4.78, 5) is 13.6. The second-order valence-electron chi connectivity index (χ2n) is 6.05. The van der Waals surface area contributed by atoms with Crippen molar-refractivity contribution in [2.45, 2.75) is 50.4 Å². The van der Waals surface area contributed by atoms with Crippen LogP contribution in [0.3, 0.4) is 0 Å². The molecule has 1 aromatic rings. The molecular weight excluding hydrogens is 295 g/mol. The van der Waals surface area contributed by atoms with E-state index >= 15 is 0 Å². The lowest BCUT2D eigenvalue weighted by atomic mass is 9.97. The van der Waals surface area contributed by atoms with Crippen LogP contribution in [0.4, 0.5) is 13.2 Å². The summed E-state index contributed by atoms with van der Waals surface area (Å²) in [5.41, 5.74) is -0.987. The smallest absolute Gasteiger partial charge is 0.389 e. The van der Waals surface area contributed by atoms with Gasteiger partial charge in [-0.3, -0.25) is 4.79 Å². The number of alkyl halides is 3. The molecule has 3 nitrogen and oxygen atoms in total. The molecule has 22 heavy (non-hydrogen) atoms. The van der Waals surface area contributed by atoms with Crippen LogP contribution >= 0.6 is 0 Å². The highest BCUT2D eigenvalue weighted by atomic mass is 19.4. The zero-order valence-corrected chi connectivity index (χ0v) is 12.5. The Kier molecular flexibility index (Phi) is 4.80. The molecule has 0 spiro atoms. The summed E-state index contributed by atoms with van der Waals surface area (Å²) < 4.78 is 37.5. The van der Waals surface area contributed by atoms with E-state index in [4.69, 9.17) is 0 Å². The van der Waals surface area contributed by atoms with Gasteiger partial charge < -0.3 is 10.0 Å². The number of aliphatic hydroxyl groups is 1. The molecule has 0 saturated heterocycles. The number of benzene rings is 1. The van der Waals surface area contributed by atoms with Crippen LogP contribution in [0.25, 0.3) is 0 Å². The lowest BCUT2D eigenvalue weighted by Gasteiger charge is -2.25. The molecular formula is C16H20F3NO2. The number of carbonyl (C=O) groups is 1. The maximum atomic E-state index is 12.5. The fourth-order valence-corrected chi connectivity index (χ4v) is 2.79. The van der Waals surface area contributed by atoms with Gasteiger partial charge in [-0.15, -0.1) is 0 Å². The summed E-state index contributed by atoms with van der Waals surface area (Å²) in [7, 11) is 1.60. The van der Waals surface area contributed by atoms with E-state index < -0.39 is 17.3 Å². The van der Waals surface area contributed by atoms with Gasteiger partial charge in [-0.2, -0.15) is 13.2 Å². The van der Waals surface area contributed by atoms with Crippen molar-refractivity contribution in [1.29, 1.82) is 0 Å². The van der Waals surface area contributed by atoms with E-state index in [0.29, 0.717) is 18.4 Å². The first-order chi connectivity index (χ1) is 10.2. The highest BCUT2D eigenvalue weighted by Crippen LogP contribution is 2.33. The van der Waals surface area contributed by atoms with Crippen LogP contribution in [0, 0.1) is 0 Å². The summed E-state index contributed by atoms with van der Waals surface area (Å²) >= 11 is 0. The first kappa shape index (κ1) is 16.8. The van der Waals surface area contributed by atoms with Gasteiger partial charge in [0, 0.05) is 13.6 Å². The van der Waals surface area contributed by atoms with Crippen molar-refractivity contribution in [2.24, 2.45) is 0 Å². The van der Waals surface area contributed by atoms with E-state index in [9.17, 15) is 23.1 Å². The number of hydrogen-bond acceptors (Lipinski definition) is 2. The SMILES string of the molecule is CN(Cc1ccc(C(F)(F)F)cc1)C(=O)CC1(O)CCCC1. The summed E-state index contributed by atoms with van der Waals surface area (Å²) in [6.07, 6.45) is -1.17. The Balaban J connectivity index is 1.93. The lowest BCUT2D eigenvalue weighted by molar-refractivity contribution is -0.138. The predicted octanol–water partition coefficient (Wildman–Crippen LogP) is 3.36. The fourth-order valence-electron chi connectivity index (χ4n) is 2.79. The van der Waals surface area contributed by atoms with Crippen molar-refractivity contribution in [1.82, 2.24) is 4.90 Å². The molecule has 1 fully saturated rings. The van der Waals surface area contributed by atoms with Gasteiger partial charge >= 0.3 is 6.18 Å². The van der Waals surface area contributed by atoms with Crippen molar-refractivity contribution in [2.75, 3.05) is 7.05 Å².